The van der Waals surface area contributed by atoms with Gasteiger partial charge in [-0.25, -0.2) is 4.79 Å². The van der Waals surface area contributed by atoms with Crippen molar-refractivity contribution in [1.29, 1.82) is 0 Å². The summed E-state index contributed by atoms with van der Waals surface area (Å²) in [5, 5.41) is 7.42. The van der Waals surface area contributed by atoms with Gasteiger partial charge < -0.3 is 16.4 Å². The Balaban J connectivity index is 2.17. The van der Waals surface area contributed by atoms with E-state index >= 15 is 0 Å². The van der Waals surface area contributed by atoms with Crippen molar-refractivity contribution in [3.8, 4) is 0 Å². The van der Waals surface area contributed by atoms with Crippen molar-refractivity contribution in [3.05, 3.63) is 42.5 Å². The van der Waals surface area contributed by atoms with Crippen LogP contribution in [0.3, 0.4) is 0 Å². The van der Waals surface area contributed by atoms with E-state index in [9.17, 15) is 9.59 Å². The lowest BCUT2D eigenvalue weighted by Crippen LogP contribution is -2.49. The number of urea groups is 1. The fourth-order valence-corrected chi connectivity index (χ4v) is 2.18. The molecule has 1 atom stereocenters. The van der Waals surface area contributed by atoms with Gasteiger partial charge in [0.2, 0.25) is 5.91 Å². The molecule has 21 heavy (non-hydrogen) atoms. The van der Waals surface area contributed by atoms with E-state index in [4.69, 9.17) is 5.73 Å². The molecule has 0 fully saturated rings. The molecule has 110 valence electrons. The van der Waals surface area contributed by atoms with Crippen LogP contribution >= 0.6 is 0 Å². The SMILES string of the molecule is CC(C)C(NC(N)=O)C(=O)Nc1ccc2ccccc2c1. The fourth-order valence-electron chi connectivity index (χ4n) is 2.18. The van der Waals surface area contributed by atoms with E-state index in [0.29, 0.717) is 5.69 Å². The van der Waals surface area contributed by atoms with Gasteiger partial charge in [-0.1, -0.05) is 44.2 Å². The van der Waals surface area contributed by atoms with Gasteiger partial charge in [0, 0.05) is 5.69 Å². The van der Waals surface area contributed by atoms with Crippen molar-refractivity contribution in [2.45, 2.75) is 19.9 Å². The highest BCUT2D eigenvalue weighted by molar-refractivity contribution is 5.98. The maximum atomic E-state index is 12.2. The lowest BCUT2D eigenvalue weighted by atomic mass is 10.0. The summed E-state index contributed by atoms with van der Waals surface area (Å²) in [6.07, 6.45) is 0. The van der Waals surface area contributed by atoms with Gasteiger partial charge in [0.1, 0.15) is 6.04 Å². The minimum absolute atomic E-state index is 0.0574. The Kier molecular flexibility index (Phi) is 4.42. The minimum atomic E-state index is -0.706. The first kappa shape index (κ1) is 14.8. The normalized spacial score (nSPS) is 12.1. The van der Waals surface area contributed by atoms with E-state index in [0.717, 1.165) is 10.8 Å². The highest BCUT2D eigenvalue weighted by Crippen LogP contribution is 2.19. The van der Waals surface area contributed by atoms with Crippen molar-refractivity contribution in [1.82, 2.24) is 5.32 Å². The summed E-state index contributed by atoms with van der Waals surface area (Å²) in [6.45, 7) is 3.70. The standard InChI is InChI=1S/C16H19N3O2/c1-10(2)14(19-16(17)21)15(20)18-13-8-7-11-5-3-4-6-12(11)9-13/h3-10,14H,1-2H3,(H,18,20)(H3,17,19,21). The molecule has 2 rings (SSSR count). The van der Waals surface area contributed by atoms with E-state index in [1.54, 1.807) is 0 Å². The number of carbonyl (C=O) groups is 2. The van der Waals surface area contributed by atoms with Gasteiger partial charge in [0.05, 0.1) is 0 Å². The van der Waals surface area contributed by atoms with E-state index in [1.165, 1.54) is 0 Å². The Morgan fingerprint density at radius 3 is 2.33 bits per heavy atom. The lowest BCUT2D eigenvalue weighted by molar-refractivity contribution is -0.118. The number of nitrogens with one attached hydrogen (secondary N) is 2. The molecule has 0 bridgehead atoms. The average molecular weight is 285 g/mol. The van der Waals surface area contributed by atoms with E-state index < -0.39 is 12.1 Å². The topological polar surface area (TPSA) is 84.2 Å². The molecule has 0 aliphatic carbocycles. The highest BCUT2D eigenvalue weighted by atomic mass is 16.2. The molecular formula is C16H19N3O2. The van der Waals surface area contributed by atoms with Crippen LogP contribution in [0, 0.1) is 5.92 Å². The number of hydrogen-bond acceptors (Lipinski definition) is 2. The minimum Gasteiger partial charge on any atom is -0.352 e. The van der Waals surface area contributed by atoms with Crippen LogP contribution in [0.15, 0.2) is 42.5 Å². The monoisotopic (exact) mass is 285 g/mol. The summed E-state index contributed by atoms with van der Waals surface area (Å²) in [6, 6.07) is 12.2. The number of anilines is 1. The van der Waals surface area contributed by atoms with Crippen LogP contribution in [-0.4, -0.2) is 18.0 Å². The van der Waals surface area contributed by atoms with Crippen LogP contribution in [0.1, 0.15) is 13.8 Å². The van der Waals surface area contributed by atoms with Crippen molar-refractivity contribution in [2.24, 2.45) is 11.7 Å². The Hall–Kier alpha value is -2.56. The first-order valence-corrected chi connectivity index (χ1v) is 6.83. The summed E-state index contributed by atoms with van der Waals surface area (Å²) in [7, 11) is 0. The van der Waals surface area contributed by atoms with Gasteiger partial charge in [-0.05, 0) is 28.8 Å². The quantitative estimate of drug-likeness (QED) is 0.806. The number of nitrogens with two attached hydrogens (primary N) is 1. The number of primary amides is 1. The number of benzene rings is 2. The van der Waals surface area contributed by atoms with E-state index in [2.05, 4.69) is 10.6 Å². The van der Waals surface area contributed by atoms with E-state index in [1.807, 2.05) is 56.3 Å². The van der Waals surface area contributed by atoms with Crippen LogP contribution in [0.5, 0.6) is 0 Å². The zero-order chi connectivity index (χ0) is 15.4. The van der Waals surface area contributed by atoms with Crippen molar-refractivity contribution in [3.63, 3.8) is 0 Å². The predicted molar refractivity (Wildman–Crippen MR) is 83.9 cm³/mol. The Morgan fingerprint density at radius 2 is 1.71 bits per heavy atom. The van der Waals surface area contributed by atoms with Gasteiger partial charge in [0.15, 0.2) is 0 Å². The molecule has 2 aromatic carbocycles. The summed E-state index contributed by atoms with van der Waals surface area (Å²) in [5.74, 6) is -0.336. The average Bonchev–Trinajstić information content (AvgIpc) is 2.44. The molecule has 0 aliphatic heterocycles. The van der Waals surface area contributed by atoms with Crippen molar-refractivity contribution in [2.75, 3.05) is 5.32 Å². The van der Waals surface area contributed by atoms with Crippen LogP contribution in [0.4, 0.5) is 10.5 Å². The summed E-state index contributed by atoms with van der Waals surface area (Å²) >= 11 is 0. The number of carbonyl (C=O) groups excluding carboxylic acids is 2. The molecular weight excluding hydrogens is 266 g/mol. The Morgan fingerprint density at radius 1 is 1.05 bits per heavy atom. The second kappa shape index (κ2) is 6.26. The van der Waals surface area contributed by atoms with Gasteiger partial charge in [-0.2, -0.15) is 0 Å². The molecule has 0 spiro atoms. The molecule has 0 heterocycles. The first-order chi connectivity index (χ1) is 9.97. The predicted octanol–water partition coefficient (Wildman–Crippen LogP) is 2.47. The summed E-state index contributed by atoms with van der Waals surface area (Å²) < 4.78 is 0. The Bertz CT molecular complexity index is 667. The van der Waals surface area contributed by atoms with Crippen molar-refractivity contribution < 1.29 is 9.59 Å². The smallest absolute Gasteiger partial charge is 0.312 e. The zero-order valence-corrected chi connectivity index (χ0v) is 12.1. The van der Waals surface area contributed by atoms with Gasteiger partial charge in [0.25, 0.3) is 0 Å². The van der Waals surface area contributed by atoms with Crippen molar-refractivity contribution >= 4 is 28.4 Å². The molecule has 5 heteroatoms. The second-order valence-electron chi connectivity index (χ2n) is 5.28. The van der Waals surface area contributed by atoms with Crippen LogP contribution < -0.4 is 16.4 Å². The Labute approximate surface area is 123 Å². The molecule has 2 aromatic rings. The molecule has 1 unspecified atom stereocenters. The molecule has 0 aliphatic rings. The maximum Gasteiger partial charge on any atom is 0.312 e. The zero-order valence-electron chi connectivity index (χ0n) is 12.1. The largest absolute Gasteiger partial charge is 0.352 e. The third-order valence-electron chi connectivity index (χ3n) is 3.26. The van der Waals surface area contributed by atoms with Crippen LogP contribution in [-0.2, 0) is 4.79 Å². The summed E-state index contributed by atoms with van der Waals surface area (Å²) in [4.78, 5) is 23.2. The third kappa shape index (κ3) is 3.72. The fraction of sp³-hybridized carbons (Fsp3) is 0.250. The number of hydrogen-bond donors (Lipinski definition) is 3. The van der Waals surface area contributed by atoms with Gasteiger partial charge in [-0.15, -0.1) is 0 Å². The number of amides is 3. The number of fused-ring (bicyclic) bond motifs is 1. The molecule has 0 saturated carbocycles. The molecule has 5 nitrogen and oxygen atoms in total. The second-order valence-corrected chi connectivity index (χ2v) is 5.28. The maximum absolute atomic E-state index is 12.2. The van der Waals surface area contributed by atoms with E-state index in [-0.39, 0.29) is 11.8 Å². The third-order valence-corrected chi connectivity index (χ3v) is 3.26. The van der Waals surface area contributed by atoms with Gasteiger partial charge in [-0.3, -0.25) is 4.79 Å². The lowest BCUT2D eigenvalue weighted by Gasteiger charge is -2.20. The highest BCUT2D eigenvalue weighted by Gasteiger charge is 2.23. The molecule has 3 amide bonds. The number of rotatable bonds is 4. The summed E-state index contributed by atoms with van der Waals surface area (Å²) in [5.41, 5.74) is 5.80. The van der Waals surface area contributed by atoms with Gasteiger partial charge >= 0.3 is 6.03 Å². The molecule has 0 radical (unpaired) electrons. The molecule has 0 aromatic heterocycles. The molecule has 4 N–H and O–H groups in total. The first-order valence-electron chi connectivity index (χ1n) is 6.83. The van der Waals surface area contributed by atoms with Crippen LogP contribution in [0.2, 0.25) is 0 Å². The van der Waals surface area contributed by atoms with Crippen LogP contribution in [0.25, 0.3) is 10.8 Å². The molecule has 0 saturated heterocycles.